The molecule has 1 aliphatic carbocycles. The molecule has 1 aromatic rings. The summed E-state index contributed by atoms with van der Waals surface area (Å²) in [6.07, 6.45) is 3.60. The number of carbonyl (C=O) groups excluding carboxylic acids is 2. The third-order valence-electron chi connectivity index (χ3n) is 4.22. The van der Waals surface area contributed by atoms with E-state index in [2.05, 4.69) is 5.32 Å². The molecule has 1 fully saturated rings. The summed E-state index contributed by atoms with van der Waals surface area (Å²) in [5.41, 5.74) is 0.931. The van der Waals surface area contributed by atoms with E-state index in [9.17, 15) is 9.59 Å². The molecule has 0 unspecified atom stereocenters. The Kier molecular flexibility index (Phi) is 5.99. The van der Waals surface area contributed by atoms with Gasteiger partial charge in [-0.3, -0.25) is 4.79 Å². The number of nitrogens with one attached hydrogen (secondary N) is 1. The van der Waals surface area contributed by atoms with Gasteiger partial charge < -0.3 is 10.1 Å². The van der Waals surface area contributed by atoms with Crippen molar-refractivity contribution in [2.24, 2.45) is 11.8 Å². The van der Waals surface area contributed by atoms with Crippen LogP contribution in [0, 0.1) is 11.8 Å². The van der Waals surface area contributed by atoms with E-state index in [1.165, 1.54) is 0 Å². The monoisotopic (exact) mass is 303 g/mol. The fraction of sp³-hybridized carbons (Fsp3) is 0.556. The zero-order valence-electron chi connectivity index (χ0n) is 13.4. The molecule has 1 aromatic carbocycles. The van der Waals surface area contributed by atoms with Crippen LogP contribution in [0.2, 0.25) is 0 Å². The van der Waals surface area contributed by atoms with Gasteiger partial charge in [0.05, 0.1) is 6.04 Å². The maximum Gasteiger partial charge on any atom is 0.408 e. The molecular weight excluding hydrogens is 278 g/mol. The highest BCUT2D eigenvalue weighted by molar-refractivity contribution is 5.89. The minimum absolute atomic E-state index is 0.0670. The summed E-state index contributed by atoms with van der Waals surface area (Å²) in [4.78, 5) is 24.5. The molecule has 0 bridgehead atoms. The number of hydrogen-bond donors (Lipinski definition) is 1. The highest BCUT2D eigenvalue weighted by Crippen LogP contribution is 2.27. The molecular formula is C18H25NO3. The van der Waals surface area contributed by atoms with Crippen LogP contribution in [0.25, 0.3) is 0 Å². The Balaban J connectivity index is 1.87. The van der Waals surface area contributed by atoms with Gasteiger partial charge in [0, 0.05) is 5.92 Å². The molecule has 1 atom stereocenters. The maximum absolute atomic E-state index is 12.5. The van der Waals surface area contributed by atoms with Crippen molar-refractivity contribution in [3.63, 3.8) is 0 Å². The van der Waals surface area contributed by atoms with Crippen LogP contribution < -0.4 is 5.32 Å². The largest absolute Gasteiger partial charge is 0.445 e. The number of ether oxygens (including phenoxy) is 1. The number of alkyl carbamates (subject to hydrolysis) is 1. The van der Waals surface area contributed by atoms with E-state index in [1.807, 2.05) is 44.2 Å². The number of ketones is 1. The third-order valence-corrected chi connectivity index (χ3v) is 4.22. The van der Waals surface area contributed by atoms with Gasteiger partial charge in [-0.25, -0.2) is 4.79 Å². The second-order valence-electron chi connectivity index (χ2n) is 6.31. The number of hydrogen-bond acceptors (Lipinski definition) is 3. The Morgan fingerprint density at radius 2 is 1.82 bits per heavy atom. The summed E-state index contributed by atoms with van der Waals surface area (Å²) in [5.74, 6) is 0.323. The van der Waals surface area contributed by atoms with Crippen LogP contribution in [0.1, 0.15) is 45.1 Å². The maximum atomic E-state index is 12.5. The molecule has 4 heteroatoms. The van der Waals surface area contributed by atoms with Crippen LogP contribution in [0.5, 0.6) is 0 Å². The minimum Gasteiger partial charge on any atom is -0.445 e. The van der Waals surface area contributed by atoms with Gasteiger partial charge in [-0.05, 0) is 24.3 Å². The molecule has 2 rings (SSSR count). The molecule has 22 heavy (non-hydrogen) atoms. The Morgan fingerprint density at radius 1 is 1.18 bits per heavy atom. The van der Waals surface area contributed by atoms with Gasteiger partial charge in [-0.2, -0.15) is 0 Å². The first-order valence-corrected chi connectivity index (χ1v) is 8.09. The summed E-state index contributed by atoms with van der Waals surface area (Å²) < 4.78 is 5.22. The number of amides is 1. The Morgan fingerprint density at radius 3 is 2.41 bits per heavy atom. The van der Waals surface area contributed by atoms with E-state index in [-0.39, 0.29) is 24.2 Å². The van der Waals surface area contributed by atoms with Crippen LogP contribution in [-0.2, 0) is 16.1 Å². The highest BCUT2D eigenvalue weighted by Gasteiger charge is 2.32. The van der Waals surface area contributed by atoms with E-state index in [0.29, 0.717) is 0 Å². The molecule has 1 N–H and O–H groups in total. The van der Waals surface area contributed by atoms with Crippen LogP contribution >= 0.6 is 0 Å². The van der Waals surface area contributed by atoms with Gasteiger partial charge in [0.25, 0.3) is 0 Å². The molecule has 1 aliphatic rings. The van der Waals surface area contributed by atoms with E-state index < -0.39 is 12.1 Å². The number of benzene rings is 1. The lowest BCUT2D eigenvalue weighted by Gasteiger charge is -2.23. The fourth-order valence-electron chi connectivity index (χ4n) is 2.92. The molecule has 4 nitrogen and oxygen atoms in total. The Labute approximate surface area is 132 Å². The predicted molar refractivity (Wildman–Crippen MR) is 85.4 cm³/mol. The molecule has 1 amide bonds. The number of Topliss-reactive ketones (excluding diaryl/α,β-unsaturated/α-hetero) is 1. The van der Waals surface area contributed by atoms with Crippen molar-refractivity contribution in [2.45, 2.75) is 52.2 Å². The summed E-state index contributed by atoms with van der Waals surface area (Å²) in [6, 6.07) is 9.06. The van der Waals surface area contributed by atoms with Crippen molar-refractivity contribution >= 4 is 11.9 Å². The molecule has 1 saturated carbocycles. The van der Waals surface area contributed by atoms with Crippen LogP contribution in [0.15, 0.2) is 30.3 Å². The molecule has 0 radical (unpaired) electrons. The average Bonchev–Trinajstić information content (AvgIpc) is 3.05. The summed E-state index contributed by atoms with van der Waals surface area (Å²) in [7, 11) is 0. The molecule has 0 aliphatic heterocycles. The zero-order valence-corrected chi connectivity index (χ0v) is 13.4. The first kappa shape index (κ1) is 16.5. The predicted octanol–water partition coefficient (Wildman–Crippen LogP) is 3.70. The SMILES string of the molecule is CC(C)[C@H](NC(=O)OCc1ccccc1)C(=O)C1CCCC1. The Hall–Kier alpha value is -1.84. The Bertz CT molecular complexity index is 492. The smallest absolute Gasteiger partial charge is 0.408 e. The normalized spacial score (nSPS) is 16.5. The van der Waals surface area contributed by atoms with Crippen molar-refractivity contribution in [3.8, 4) is 0 Å². The standard InChI is InChI=1S/C18H25NO3/c1-13(2)16(17(20)15-10-6-7-11-15)19-18(21)22-12-14-8-4-3-5-9-14/h3-5,8-9,13,15-16H,6-7,10-12H2,1-2H3,(H,19,21)/t16-/m0/s1. The molecule has 0 heterocycles. The first-order chi connectivity index (χ1) is 10.6. The average molecular weight is 303 g/mol. The third kappa shape index (κ3) is 4.58. The van der Waals surface area contributed by atoms with Gasteiger partial charge in [-0.1, -0.05) is 57.0 Å². The van der Waals surface area contributed by atoms with Crippen molar-refractivity contribution in [3.05, 3.63) is 35.9 Å². The van der Waals surface area contributed by atoms with Crippen LogP contribution in [0.4, 0.5) is 4.79 Å². The lowest BCUT2D eigenvalue weighted by atomic mass is 9.90. The van der Waals surface area contributed by atoms with Crippen LogP contribution in [0.3, 0.4) is 0 Å². The lowest BCUT2D eigenvalue weighted by molar-refractivity contribution is -0.125. The second kappa shape index (κ2) is 7.97. The summed E-state index contributed by atoms with van der Waals surface area (Å²) in [6.45, 7) is 4.12. The van der Waals surface area contributed by atoms with E-state index >= 15 is 0 Å². The molecule has 0 spiro atoms. The topological polar surface area (TPSA) is 55.4 Å². The zero-order chi connectivity index (χ0) is 15.9. The fourth-order valence-corrected chi connectivity index (χ4v) is 2.92. The van der Waals surface area contributed by atoms with Gasteiger partial charge in [0.2, 0.25) is 0 Å². The lowest BCUT2D eigenvalue weighted by Crippen LogP contribution is -2.46. The quantitative estimate of drug-likeness (QED) is 0.872. The second-order valence-corrected chi connectivity index (χ2v) is 6.31. The van der Waals surface area contributed by atoms with Gasteiger partial charge in [0.1, 0.15) is 6.61 Å². The number of rotatable bonds is 6. The van der Waals surface area contributed by atoms with Crippen molar-refractivity contribution in [2.75, 3.05) is 0 Å². The van der Waals surface area contributed by atoms with E-state index in [4.69, 9.17) is 4.74 Å². The van der Waals surface area contributed by atoms with Gasteiger partial charge in [0.15, 0.2) is 5.78 Å². The van der Waals surface area contributed by atoms with Crippen molar-refractivity contribution in [1.82, 2.24) is 5.32 Å². The molecule has 0 saturated heterocycles. The molecule has 0 aromatic heterocycles. The van der Waals surface area contributed by atoms with Crippen molar-refractivity contribution < 1.29 is 14.3 Å². The van der Waals surface area contributed by atoms with Crippen LogP contribution in [-0.4, -0.2) is 17.9 Å². The van der Waals surface area contributed by atoms with Gasteiger partial charge >= 0.3 is 6.09 Å². The minimum atomic E-state index is -0.520. The van der Waals surface area contributed by atoms with E-state index in [1.54, 1.807) is 0 Å². The summed E-state index contributed by atoms with van der Waals surface area (Å²) in [5, 5.41) is 2.75. The summed E-state index contributed by atoms with van der Waals surface area (Å²) >= 11 is 0. The van der Waals surface area contributed by atoms with Crippen molar-refractivity contribution in [1.29, 1.82) is 0 Å². The number of carbonyl (C=O) groups is 2. The van der Waals surface area contributed by atoms with E-state index in [0.717, 1.165) is 31.2 Å². The highest BCUT2D eigenvalue weighted by atomic mass is 16.5. The first-order valence-electron chi connectivity index (χ1n) is 8.09. The van der Waals surface area contributed by atoms with Gasteiger partial charge in [-0.15, -0.1) is 0 Å². The molecule has 120 valence electrons.